The summed E-state index contributed by atoms with van der Waals surface area (Å²) in [5.74, 6) is 0.193. The van der Waals surface area contributed by atoms with Gasteiger partial charge in [0.1, 0.15) is 11.3 Å². The summed E-state index contributed by atoms with van der Waals surface area (Å²) in [6.45, 7) is 4.09. The highest BCUT2D eigenvalue weighted by Gasteiger charge is 2.25. The van der Waals surface area contributed by atoms with Crippen LogP contribution in [0.3, 0.4) is 0 Å². The molecule has 21 heavy (non-hydrogen) atoms. The van der Waals surface area contributed by atoms with Crippen LogP contribution in [0.25, 0.3) is 10.9 Å². The molecule has 3 rings (SSSR count). The average molecular weight is 304 g/mol. The molecule has 0 radical (unpaired) electrons. The lowest BCUT2D eigenvalue weighted by Gasteiger charge is -2.14. The van der Waals surface area contributed by atoms with Gasteiger partial charge in [-0.1, -0.05) is 37.6 Å². The van der Waals surface area contributed by atoms with Crippen LogP contribution in [0, 0.1) is 0 Å². The molecular weight excluding hydrogens is 286 g/mol. The highest BCUT2D eigenvalue weighted by atomic mass is 35.5. The van der Waals surface area contributed by atoms with Gasteiger partial charge in [0.15, 0.2) is 0 Å². The first kappa shape index (κ1) is 14.2. The van der Waals surface area contributed by atoms with Crippen LogP contribution in [0.1, 0.15) is 42.7 Å². The fraction of sp³-hybridized carbons (Fsp3) is 0.312. The molecule has 0 aliphatic heterocycles. The Kier molecular flexibility index (Phi) is 3.51. The summed E-state index contributed by atoms with van der Waals surface area (Å²) in [5.41, 5.74) is 3.37. The molecule has 0 aliphatic rings. The predicted molar refractivity (Wildman–Crippen MR) is 84.7 cm³/mol. The van der Waals surface area contributed by atoms with Crippen molar-refractivity contribution >= 4 is 22.5 Å². The summed E-state index contributed by atoms with van der Waals surface area (Å²) < 4.78 is 1.62. The first-order valence-corrected chi connectivity index (χ1v) is 7.34. The zero-order chi connectivity index (χ0) is 15.1. The summed E-state index contributed by atoms with van der Waals surface area (Å²) in [6.07, 6.45) is 1.08. The zero-order valence-corrected chi connectivity index (χ0v) is 13.0. The number of nitrogens with one attached hydrogen (secondary N) is 1. The van der Waals surface area contributed by atoms with Crippen LogP contribution in [0.4, 0.5) is 0 Å². The fourth-order valence-corrected chi connectivity index (χ4v) is 2.96. The molecule has 0 saturated heterocycles. The van der Waals surface area contributed by atoms with E-state index in [1.807, 2.05) is 44.3 Å². The summed E-state index contributed by atoms with van der Waals surface area (Å²) in [4.78, 5) is 3.16. The molecule has 4 nitrogen and oxygen atoms in total. The third kappa shape index (κ3) is 2.24. The third-order valence-corrected chi connectivity index (χ3v) is 4.23. The topological polar surface area (TPSA) is 53.8 Å². The van der Waals surface area contributed by atoms with Crippen molar-refractivity contribution in [3.63, 3.8) is 0 Å². The van der Waals surface area contributed by atoms with E-state index in [-0.39, 0.29) is 5.92 Å². The summed E-state index contributed by atoms with van der Waals surface area (Å²) in [5, 5.41) is 16.8. The van der Waals surface area contributed by atoms with Crippen molar-refractivity contribution < 1.29 is 5.11 Å². The van der Waals surface area contributed by atoms with Crippen LogP contribution in [-0.4, -0.2) is 19.9 Å². The molecule has 0 bridgehead atoms. The normalized spacial score (nSPS) is 13.2. The van der Waals surface area contributed by atoms with Gasteiger partial charge >= 0.3 is 0 Å². The number of hydrogen-bond acceptors (Lipinski definition) is 2. The maximum absolute atomic E-state index is 10.9. The molecule has 2 heterocycles. The second-order valence-electron chi connectivity index (χ2n) is 5.56. The van der Waals surface area contributed by atoms with Crippen LogP contribution < -0.4 is 0 Å². The maximum atomic E-state index is 10.9. The Balaban J connectivity index is 2.19. The molecule has 1 aromatic carbocycles. The van der Waals surface area contributed by atoms with Gasteiger partial charge in [0.25, 0.3) is 0 Å². The second kappa shape index (κ2) is 5.20. The number of aryl methyl sites for hydroxylation is 1. The molecule has 1 unspecified atom stereocenters. The molecule has 0 saturated carbocycles. The first-order chi connectivity index (χ1) is 10.0. The molecule has 2 aromatic heterocycles. The van der Waals surface area contributed by atoms with E-state index < -0.39 is 6.10 Å². The van der Waals surface area contributed by atoms with Gasteiger partial charge in [0.05, 0.1) is 5.69 Å². The lowest BCUT2D eigenvalue weighted by Crippen LogP contribution is -2.04. The molecule has 0 aliphatic carbocycles. The highest BCUT2D eigenvalue weighted by Crippen LogP contribution is 2.36. The third-order valence-electron chi connectivity index (χ3n) is 3.78. The standard InChI is InChI=1S/C16H18ClN3O/c1-9(2)14-13(16(17)20(3)19-14)15(21)11-5-4-6-12-10(11)7-8-18-12/h4-9,15,18,21H,1-3H3. The Morgan fingerprint density at radius 1 is 1.29 bits per heavy atom. The Labute approximate surface area is 128 Å². The van der Waals surface area contributed by atoms with E-state index in [0.717, 1.165) is 22.2 Å². The van der Waals surface area contributed by atoms with Crippen molar-refractivity contribution in [2.24, 2.45) is 7.05 Å². The Morgan fingerprint density at radius 2 is 2.05 bits per heavy atom. The second-order valence-corrected chi connectivity index (χ2v) is 5.91. The number of fused-ring (bicyclic) bond motifs is 1. The molecule has 5 heteroatoms. The molecular formula is C16H18ClN3O. The molecule has 2 N–H and O–H groups in total. The van der Waals surface area contributed by atoms with Gasteiger partial charge in [-0.25, -0.2) is 0 Å². The van der Waals surface area contributed by atoms with Crippen molar-refractivity contribution in [3.05, 3.63) is 52.4 Å². The quantitative estimate of drug-likeness (QED) is 0.774. The first-order valence-electron chi connectivity index (χ1n) is 6.97. The van der Waals surface area contributed by atoms with Gasteiger partial charge in [0.2, 0.25) is 0 Å². The number of rotatable bonds is 3. The zero-order valence-electron chi connectivity index (χ0n) is 12.3. The van der Waals surface area contributed by atoms with E-state index in [1.54, 1.807) is 11.7 Å². The monoisotopic (exact) mass is 303 g/mol. The summed E-state index contributed by atoms with van der Waals surface area (Å²) in [6, 6.07) is 7.80. The van der Waals surface area contributed by atoms with Crippen LogP contribution in [-0.2, 0) is 7.05 Å². The van der Waals surface area contributed by atoms with Crippen LogP contribution in [0.15, 0.2) is 30.5 Å². The van der Waals surface area contributed by atoms with E-state index in [1.165, 1.54) is 0 Å². The minimum Gasteiger partial charge on any atom is -0.383 e. The van der Waals surface area contributed by atoms with Crippen molar-refractivity contribution in [2.75, 3.05) is 0 Å². The summed E-state index contributed by atoms with van der Waals surface area (Å²) in [7, 11) is 1.79. The van der Waals surface area contributed by atoms with Crippen molar-refractivity contribution in [1.82, 2.24) is 14.8 Å². The molecule has 110 valence electrons. The number of aromatic nitrogens is 3. The van der Waals surface area contributed by atoms with Crippen LogP contribution >= 0.6 is 11.6 Å². The molecule has 0 fully saturated rings. The van der Waals surface area contributed by atoms with Crippen molar-refractivity contribution in [2.45, 2.75) is 25.9 Å². The van der Waals surface area contributed by atoms with Gasteiger partial charge in [-0.3, -0.25) is 4.68 Å². The lowest BCUT2D eigenvalue weighted by molar-refractivity contribution is 0.220. The van der Waals surface area contributed by atoms with Gasteiger partial charge in [-0.2, -0.15) is 5.10 Å². The van der Waals surface area contributed by atoms with E-state index in [0.29, 0.717) is 10.7 Å². The van der Waals surface area contributed by atoms with Gasteiger partial charge in [0, 0.05) is 29.7 Å². The van der Waals surface area contributed by atoms with Gasteiger partial charge in [-0.05, 0) is 23.6 Å². The Bertz CT molecular complexity index is 788. The molecule has 0 amide bonds. The van der Waals surface area contributed by atoms with Crippen molar-refractivity contribution in [1.29, 1.82) is 0 Å². The number of hydrogen-bond donors (Lipinski definition) is 2. The minimum atomic E-state index is -0.789. The number of benzene rings is 1. The van der Waals surface area contributed by atoms with Gasteiger partial charge in [-0.15, -0.1) is 0 Å². The predicted octanol–water partition coefficient (Wildman–Crippen LogP) is 3.76. The summed E-state index contributed by atoms with van der Waals surface area (Å²) >= 11 is 6.36. The molecule has 0 spiro atoms. The largest absolute Gasteiger partial charge is 0.383 e. The molecule has 1 atom stereocenters. The van der Waals surface area contributed by atoms with E-state index in [4.69, 9.17) is 11.6 Å². The average Bonchev–Trinajstić information content (AvgIpc) is 3.03. The lowest BCUT2D eigenvalue weighted by atomic mass is 9.95. The van der Waals surface area contributed by atoms with Crippen molar-refractivity contribution in [3.8, 4) is 0 Å². The van der Waals surface area contributed by atoms with E-state index in [2.05, 4.69) is 10.1 Å². The van der Waals surface area contributed by atoms with Crippen LogP contribution in [0.2, 0.25) is 5.15 Å². The van der Waals surface area contributed by atoms with E-state index >= 15 is 0 Å². The molecule has 3 aromatic rings. The number of H-pyrrole nitrogens is 1. The van der Waals surface area contributed by atoms with Gasteiger partial charge < -0.3 is 10.1 Å². The maximum Gasteiger partial charge on any atom is 0.133 e. The number of aromatic amines is 1. The van der Waals surface area contributed by atoms with E-state index in [9.17, 15) is 5.11 Å². The van der Waals surface area contributed by atoms with Crippen LogP contribution in [0.5, 0.6) is 0 Å². The minimum absolute atomic E-state index is 0.193. The fourth-order valence-electron chi connectivity index (χ4n) is 2.72. The number of halogens is 1. The Morgan fingerprint density at radius 3 is 2.76 bits per heavy atom. The number of nitrogens with zero attached hydrogens (tertiary/aromatic N) is 2. The Hall–Kier alpha value is -1.78. The smallest absolute Gasteiger partial charge is 0.133 e. The highest BCUT2D eigenvalue weighted by molar-refractivity contribution is 6.30. The SMILES string of the molecule is CC(C)c1nn(C)c(Cl)c1C(O)c1cccc2[nH]ccc12. The number of aliphatic hydroxyl groups excluding tert-OH is 1. The number of aliphatic hydroxyl groups is 1.